The zero-order chi connectivity index (χ0) is 33.6. The maximum atomic E-state index is 12.1. The fourth-order valence-corrected chi connectivity index (χ4v) is 5.04. The smallest absolute Gasteiger partial charge is 0.310 e. The second-order valence-corrected chi connectivity index (χ2v) is 12.3. The maximum absolute atomic E-state index is 12.1. The van der Waals surface area contributed by atoms with E-state index in [1.54, 1.807) is 6.08 Å². The van der Waals surface area contributed by atoms with E-state index in [1.807, 2.05) is 6.08 Å². The zero-order valence-electron chi connectivity index (χ0n) is 29.8. The summed E-state index contributed by atoms with van der Waals surface area (Å²) in [7, 11) is 0. The van der Waals surface area contributed by atoms with Crippen LogP contribution in [0.4, 0.5) is 0 Å². The highest BCUT2D eigenvalue weighted by atomic mass is 16.6. The lowest BCUT2D eigenvalue weighted by Gasteiger charge is -2.15. The zero-order valence-corrected chi connectivity index (χ0v) is 29.8. The largest absolute Gasteiger partial charge is 0.462 e. The number of carbonyl (C=O) groups excluding carboxylic acids is 2. The Morgan fingerprint density at radius 2 is 0.913 bits per heavy atom. The number of aliphatic hydroxyl groups excluding tert-OH is 1. The van der Waals surface area contributed by atoms with E-state index in [0.29, 0.717) is 6.42 Å². The van der Waals surface area contributed by atoms with Gasteiger partial charge < -0.3 is 14.6 Å². The van der Waals surface area contributed by atoms with E-state index in [2.05, 4.69) is 62.5 Å². The summed E-state index contributed by atoms with van der Waals surface area (Å²) in [6, 6.07) is 0. The normalized spacial score (nSPS) is 12.8. The van der Waals surface area contributed by atoms with Gasteiger partial charge >= 0.3 is 11.9 Å². The Labute approximate surface area is 283 Å². The van der Waals surface area contributed by atoms with Gasteiger partial charge in [-0.1, -0.05) is 177 Å². The lowest BCUT2D eigenvalue weighted by atomic mass is 10.0. The summed E-state index contributed by atoms with van der Waals surface area (Å²) < 4.78 is 10.5. The molecule has 0 aromatic carbocycles. The molecule has 0 saturated carbocycles. The van der Waals surface area contributed by atoms with Crippen LogP contribution in [0, 0.1) is 0 Å². The Kier molecular flexibility index (Phi) is 35.1. The first-order valence-corrected chi connectivity index (χ1v) is 18.8. The Hall–Kier alpha value is -2.40. The molecule has 264 valence electrons. The number of hydrogen-bond donors (Lipinski definition) is 1. The first-order valence-electron chi connectivity index (χ1n) is 18.8. The average Bonchev–Trinajstić information content (AvgIpc) is 3.06. The molecule has 5 nitrogen and oxygen atoms in total. The van der Waals surface area contributed by atoms with Crippen LogP contribution in [-0.4, -0.2) is 36.4 Å². The van der Waals surface area contributed by atoms with Crippen LogP contribution in [0.2, 0.25) is 0 Å². The topological polar surface area (TPSA) is 72.8 Å². The number of ether oxygens (including phenoxy) is 2. The van der Waals surface area contributed by atoms with E-state index in [1.165, 1.54) is 89.9 Å². The van der Waals surface area contributed by atoms with Gasteiger partial charge in [0.05, 0.1) is 13.0 Å². The van der Waals surface area contributed by atoms with Crippen LogP contribution in [0.15, 0.2) is 60.8 Å². The Balaban J connectivity index is 3.67. The molecular formula is C41H70O5. The van der Waals surface area contributed by atoms with Crippen molar-refractivity contribution < 1.29 is 24.2 Å². The minimum atomic E-state index is -0.824. The van der Waals surface area contributed by atoms with Gasteiger partial charge in [0, 0.05) is 6.42 Å². The lowest BCUT2D eigenvalue weighted by Crippen LogP contribution is -2.28. The third-order valence-corrected chi connectivity index (χ3v) is 7.86. The number of aliphatic hydroxyl groups is 1. The number of allylic oxidation sites excluding steroid dienone is 9. The molecule has 0 rings (SSSR count). The van der Waals surface area contributed by atoms with Crippen LogP contribution in [0.5, 0.6) is 0 Å². The van der Waals surface area contributed by atoms with Crippen molar-refractivity contribution in [2.45, 2.75) is 174 Å². The summed E-state index contributed by atoms with van der Waals surface area (Å²) in [5.74, 6) is -0.738. The van der Waals surface area contributed by atoms with Gasteiger partial charge in [-0.15, -0.1) is 0 Å². The number of unbranched alkanes of at least 4 members (excludes halogenated alkanes) is 16. The van der Waals surface area contributed by atoms with Gasteiger partial charge in [0.2, 0.25) is 0 Å². The summed E-state index contributed by atoms with van der Waals surface area (Å²) in [6.07, 6.45) is 47.3. The number of rotatable bonds is 33. The number of esters is 2. The predicted octanol–water partition coefficient (Wildman–Crippen LogP) is 11.6. The minimum absolute atomic E-state index is 0.105. The monoisotopic (exact) mass is 643 g/mol. The van der Waals surface area contributed by atoms with Gasteiger partial charge in [-0.25, -0.2) is 0 Å². The quantitative estimate of drug-likeness (QED) is 0.0438. The molecule has 0 aliphatic carbocycles. The van der Waals surface area contributed by atoms with Crippen molar-refractivity contribution in [3.8, 4) is 0 Å². The van der Waals surface area contributed by atoms with E-state index in [4.69, 9.17) is 9.47 Å². The first kappa shape index (κ1) is 43.6. The fraction of sp³-hybridized carbons (Fsp3) is 0.707. The Bertz CT molecular complexity index is 823. The van der Waals surface area contributed by atoms with E-state index in [-0.39, 0.29) is 25.6 Å². The van der Waals surface area contributed by atoms with Crippen molar-refractivity contribution in [2.75, 3.05) is 13.2 Å². The third kappa shape index (κ3) is 34.5. The molecule has 0 spiro atoms. The van der Waals surface area contributed by atoms with Gasteiger partial charge in [0.1, 0.15) is 6.61 Å². The van der Waals surface area contributed by atoms with E-state index >= 15 is 0 Å². The molecule has 0 aromatic heterocycles. The summed E-state index contributed by atoms with van der Waals surface area (Å²) in [6.45, 7) is 3.93. The van der Waals surface area contributed by atoms with Gasteiger partial charge in [-0.05, 0) is 38.5 Å². The second-order valence-electron chi connectivity index (χ2n) is 12.3. The van der Waals surface area contributed by atoms with Crippen LogP contribution in [0.1, 0.15) is 168 Å². The van der Waals surface area contributed by atoms with Crippen LogP contribution in [-0.2, 0) is 19.1 Å². The fourth-order valence-electron chi connectivity index (χ4n) is 5.04. The molecule has 0 aliphatic heterocycles. The summed E-state index contributed by atoms with van der Waals surface area (Å²) in [4.78, 5) is 24.1. The second kappa shape index (κ2) is 37.1. The van der Waals surface area contributed by atoms with Crippen LogP contribution < -0.4 is 0 Å². The molecule has 1 N–H and O–H groups in total. The lowest BCUT2D eigenvalue weighted by molar-refractivity contribution is -0.160. The van der Waals surface area contributed by atoms with E-state index in [9.17, 15) is 14.7 Å². The van der Waals surface area contributed by atoms with Gasteiger partial charge in [0.15, 0.2) is 6.10 Å². The first-order chi connectivity index (χ1) is 22.6. The van der Waals surface area contributed by atoms with Crippen LogP contribution in [0.25, 0.3) is 0 Å². The molecule has 0 bridgehead atoms. The average molecular weight is 643 g/mol. The molecule has 5 heteroatoms. The molecular weight excluding hydrogens is 572 g/mol. The van der Waals surface area contributed by atoms with E-state index < -0.39 is 12.1 Å². The van der Waals surface area contributed by atoms with E-state index in [0.717, 1.165) is 51.4 Å². The van der Waals surface area contributed by atoms with Gasteiger partial charge in [-0.3, -0.25) is 9.59 Å². The molecule has 1 unspecified atom stereocenters. The molecule has 46 heavy (non-hydrogen) atoms. The highest BCUT2D eigenvalue weighted by molar-refractivity contribution is 5.71. The minimum Gasteiger partial charge on any atom is -0.462 e. The van der Waals surface area contributed by atoms with Gasteiger partial charge in [-0.2, -0.15) is 0 Å². The van der Waals surface area contributed by atoms with Crippen molar-refractivity contribution in [2.24, 2.45) is 0 Å². The highest BCUT2D eigenvalue weighted by Gasteiger charge is 2.15. The molecule has 0 heterocycles. The summed E-state index contributed by atoms with van der Waals surface area (Å²) >= 11 is 0. The summed E-state index contributed by atoms with van der Waals surface area (Å²) in [5.41, 5.74) is 0. The van der Waals surface area contributed by atoms with Crippen LogP contribution in [0.3, 0.4) is 0 Å². The SMILES string of the molecule is CC/C=C\C/C=C\C/C=C\C/C=C\C/C=C\CC(=O)OC(CO)COC(=O)CCCCCCCCCCCCCCCCCCC. The number of hydrogen-bond acceptors (Lipinski definition) is 5. The molecule has 0 saturated heterocycles. The van der Waals surface area contributed by atoms with Crippen molar-refractivity contribution in [1.82, 2.24) is 0 Å². The van der Waals surface area contributed by atoms with Crippen LogP contribution >= 0.6 is 0 Å². The molecule has 0 radical (unpaired) electrons. The molecule has 0 aromatic rings. The predicted molar refractivity (Wildman–Crippen MR) is 196 cm³/mol. The van der Waals surface area contributed by atoms with Crippen molar-refractivity contribution in [3.05, 3.63) is 60.8 Å². The Morgan fingerprint density at radius 1 is 0.522 bits per heavy atom. The standard InChI is InChI=1S/C41H70O5/c1-3-5-7-9-11-13-15-17-19-20-22-23-25-27-29-31-33-35-40(43)45-38-39(37-42)46-41(44)36-34-32-30-28-26-24-21-18-16-14-12-10-8-6-4-2/h6,8,12,14,18,21,26,28,32,34,39,42H,3-5,7,9-11,13,15-17,19-20,22-25,27,29-31,33,35-38H2,1-2H3/b8-6-,14-12-,21-18-,28-26-,34-32-. The third-order valence-electron chi connectivity index (χ3n) is 7.86. The summed E-state index contributed by atoms with van der Waals surface area (Å²) in [5, 5.41) is 9.52. The van der Waals surface area contributed by atoms with Crippen molar-refractivity contribution >= 4 is 11.9 Å². The van der Waals surface area contributed by atoms with Crippen molar-refractivity contribution in [1.29, 1.82) is 0 Å². The molecule has 0 aliphatic rings. The Morgan fingerprint density at radius 3 is 1.33 bits per heavy atom. The van der Waals surface area contributed by atoms with Gasteiger partial charge in [0.25, 0.3) is 0 Å². The molecule has 1 atom stereocenters. The molecule has 0 amide bonds. The maximum Gasteiger partial charge on any atom is 0.310 e. The number of carbonyl (C=O) groups is 2. The molecule has 0 fully saturated rings. The highest BCUT2D eigenvalue weighted by Crippen LogP contribution is 2.14. The van der Waals surface area contributed by atoms with Crippen molar-refractivity contribution in [3.63, 3.8) is 0 Å².